The molecule has 1 nitrogen and oxygen atoms in total. The monoisotopic (exact) mass is 528 g/mol. The van der Waals surface area contributed by atoms with E-state index in [0.29, 0.717) is 0 Å². The molecule has 0 saturated carbocycles. The lowest BCUT2D eigenvalue weighted by Gasteiger charge is -2.11. The quantitative estimate of drug-likeness (QED) is 0.221. The van der Waals surface area contributed by atoms with Crippen LogP contribution in [0.1, 0.15) is 0 Å². The smallest absolute Gasteiger partial charge is 0.144 e. The molecule has 0 spiro atoms. The highest BCUT2D eigenvalue weighted by Gasteiger charge is 2.24. The van der Waals surface area contributed by atoms with Gasteiger partial charge in [0, 0.05) is 42.1 Å². The van der Waals surface area contributed by atoms with Crippen LogP contribution >= 0.6 is 11.3 Å². The summed E-state index contributed by atoms with van der Waals surface area (Å²) in [6, 6.07) is 51.6. The zero-order valence-electron chi connectivity index (χ0n) is 21.7. The van der Waals surface area contributed by atoms with E-state index in [0.717, 1.165) is 39.0 Å². The molecule has 0 aliphatic carbocycles. The molecule has 0 bridgehead atoms. The van der Waals surface area contributed by atoms with Gasteiger partial charge in [-0.3, -0.25) is 0 Å². The van der Waals surface area contributed by atoms with Gasteiger partial charge in [0.25, 0.3) is 0 Å². The third kappa shape index (κ3) is 3.61. The highest BCUT2D eigenvalue weighted by Crippen LogP contribution is 2.49. The van der Waals surface area contributed by atoms with Gasteiger partial charge >= 0.3 is 0 Å². The summed E-state index contributed by atoms with van der Waals surface area (Å²) in [5.74, 6) is 1.83. The zero-order chi connectivity index (χ0) is 26.5. The van der Waals surface area contributed by atoms with E-state index in [4.69, 9.17) is 4.42 Å². The third-order valence-electron chi connectivity index (χ3n) is 7.74. The van der Waals surface area contributed by atoms with Gasteiger partial charge < -0.3 is 4.42 Å². The minimum Gasteiger partial charge on any atom is -0.455 e. The van der Waals surface area contributed by atoms with Gasteiger partial charge in [-0.05, 0) is 28.3 Å². The first-order chi connectivity index (χ1) is 19.9. The summed E-state index contributed by atoms with van der Waals surface area (Å²) in [4.78, 5) is 0. The second kappa shape index (κ2) is 9.37. The summed E-state index contributed by atoms with van der Waals surface area (Å²) in [6.07, 6.45) is 0. The molecule has 188 valence electrons. The molecule has 0 unspecified atom stereocenters. The Bertz CT molecular complexity index is 2150. The molecule has 8 rings (SSSR count). The van der Waals surface area contributed by atoms with Crippen molar-refractivity contribution in [2.75, 3.05) is 0 Å². The van der Waals surface area contributed by atoms with E-state index in [1.807, 2.05) is 11.3 Å². The number of benzene rings is 6. The van der Waals surface area contributed by atoms with Gasteiger partial charge in [-0.15, -0.1) is 11.3 Å². The molecule has 0 fully saturated rings. The van der Waals surface area contributed by atoms with Crippen LogP contribution in [-0.2, 0) is 0 Å². The van der Waals surface area contributed by atoms with Crippen molar-refractivity contribution in [3.63, 3.8) is 0 Å². The average molecular weight is 529 g/mol. The first kappa shape index (κ1) is 23.0. The maximum Gasteiger partial charge on any atom is 0.144 e. The molecule has 40 heavy (non-hydrogen) atoms. The maximum absolute atomic E-state index is 7.07. The van der Waals surface area contributed by atoms with E-state index >= 15 is 0 Å². The van der Waals surface area contributed by atoms with E-state index in [9.17, 15) is 0 Å². The highest BCUT2D eigenvalue weighted by molar-refractivity contribution is 7.26. The number of hydrogen-bond acceptors (Lipinski definition) is 2. The fraction of sp³-hybridized carbons (Fsp3) is 0. The number of rotatable bonds is 4. The van der Waals surface area contributed by atoms with E-state index in [2.05, 4.69) is 146 Å². The van der Waals surface area contributed by atoms with Crippen LogP contribution in [-0.4, -0.2) is 0 Å². The molecule has 0 aliphatic heterocycles. The third-order valence-corrected chi connectivity index (χ3v) is 8.94. The van der Waals surface area contributed by atoms with Crippen molar-refractivity contribution in [2.24, 2.45) is 0 Å². The number of fused-ring (bicyclic) bond motifs is 4. The minimum atomic E-state index is 0.905. The van der Waals surface area contributed by atoms with Gasteiger partial charge in [-0.25, -0.2) is 0 Å². The van der Waals surface area contributed by atoms with E-state index in [1.165, 1.54) is 36.9 Å². The van der Waals surface area contributed by atoms with Crippen molar-refractivity contribution in [1.82, 2.24) is 0 Å². The minimum absolute atomic E-state index is 0.905. The predicted octanol–water partition coefficient (Wildman–Crippen LogP) is 11.5. The molecular weight excluding hydrogens is 504 g/mol. The molecule has 2 heteroatoms. The fourth-order valence-electron chi connectivity index (χ4n) is 5.90. The van der Waals surface area contributed by atoms with Gasteiger partial charge in [0.2, 0.25) is 0 Å². The number of furan rings is 1. The van der Waals surface area contributed by atoms with Crippen LogP contribution in [0, 0.1) is 0 Å². The summed E-state index contributed by atoms with van der Waals surface area (Å²) in [5.41, 5.74) is 6.96. The van der Waals surface area contributed by atoms with E-state index in [1.54, 1.807) is 0 Å². The largest absolute Gasteiger partial charge is 0.455 e. The van der Waals surface area contributed by atoms with Gasteiger partial charge in [-0.2, -0.15) is 0 Å². The molecule has 0 N–H and O–H groups in total. The van der Waals surface area contributed by atoms with Crippen LogP contribution in [0.5, 0.6) is 0 Å². The van der Waals surface area contributed by atoms with Crippen molar-refractivity contribution < 1.29 is 4.42 Å². The Balaban J connectivity index is 1.48. The lowest BCUT2D eigenvalue weighted by molar-refractivity contribution is 0.603. The first-order valence-corrected chi connectivity index (χ1v) is 14.3. The van der Waals surface area contributed by atoms with E-state index < -0.39 is 0 Å². The second-order valence-electron chi connectivity index (χ2n) is 10.0. The number of thiophene rings is 1. The molecular formula is C38H24OS. The van der Waals surface area contributed by atoms with E-state index in [-0.39, 0.29) is 0 Å². The Morgan fingerprint density at radius 1 is 0.375 bits per heavy atom. The lowest BCUT2D eigenvalue weighted by atomic mass is 9.94. The van der Waals surface area contributed by atoms with Gasteiger partial charge in [0.15, 0.2) is 0 Å². The van der Waals surface area contributed by atoms with Crippen molar-refractivity contribution in [3.8, 4) is 44.9 Å². The molecule has 6 aromatic carbocycles. The Labute approximate surface area is 236 Å². The van der Waals surface area contributed by atoms with Crippen molar-refractivity contribution >= 4 is 42.3 Å². The Morgan fingerprint density at radius 3 is 1.65 bits per heavy atom. The fourth-order valence-corrected chi connectivity index (χ4v) is 7.15. The van der Waals surface area contributed by atoms with Gasteiger partial charge in [-0.1, -0.05) is 140 Å². The predicted molar refractivity (Wildman–Crippen MR) is 171 cm³/mol. The standard InChI is InChI=1S/C38H24OS/c1-3-13-25(14-4-1)27-17-7-8-19-30(27)36-31-20-9-10-21-32(31)37(39-36)35-28(26-15-5-2-6-16-26)23-24-33-29-18-11-12-22-34(29)40-38(33)35/h1-24H. The molecule has 0 amide bonds. The zero-order valence-corrected chi connectivity index (χ0v) is 22.5. The maximum atomic E-state index is 7.07. The van der Waals surface area contributed by atoms with Crippen LogP contribution in [0.4, 0.5) is 0 Å². The Hall–Kier alpha value is -4.92. The summed E-state index contributed by atoms with van der Waals surface area (Å²) >= 11 is 1.85. The Morgan fingerprint density at radius 2 is 0.925 bits per heavy atom. The van der Waals surface area contributed by atoms with Crippen molar-refractivity contribution in [2.45, 2.75) is 0 Å². The molecule has 0 atom stereocenters. The summed E-state index contributed by atoms with van der Waals surface area (Å²) in [5, 5.41) is 4.80. The highest BCUT2D eigenvalue weighted by atomic mass is 32.1. The van der Waals surface area contributed by atoms with Gasteiger partial charge in [0.05, 0.1) is 0 Å². The van der Waals surface area contributed by atoms with Crippen LogP contribution in [0.25, 0.3) is 75.8 Å². The van der Waals surface area contributed by atoms with Crippen LogP contribution in [0.2, 0.25) is 0 Å². The summed E-state index contributed by atoms with van der Waals surface area (Å²) in [7, 11) is 0. The lowest BCUT2D eigenvalue weighted by Crippen LogP contribution is -1.85. The molecule has 0 saturated heterocycles. The summed E-state index contributed by atoms with van der Waals surface area (Å²) < 4.78 is 9.61. The van der Waals surface area contributed by atoms with Crippen molar-refractivity contribution in [1.29, 1.82) is 0 Å². The van der Waals surface area contributed by atoms with Crippen LogP contribution in [0.15, 0.2) is 150 Å². The molecule has 8 aromatic rings. The normalized spacial score (nSPS) is 11.5. The first-order valence-electron chi connectivity index (χ1n) is 13.5. The Kier molecular flexibility index (Phi) is 5.39. The summed E-state index contributed by atoms with van der Waals surface area (Å²) in [6.45, 7) is 0. The average Bonchev–Trinajstić information content (AvgIpc) is 3.60. The molecule has 0 aliphatic rings. The van der Waals surface area contributed by atoms with Crippen molar-refractivity contribution in [3.05, 3.63) is 146 Å². The SMILES string of the molecule is c1ccc(-c2ccccc2-c2oc(-c3c(-c4ccccc4)ccc4c3sc3ccccc34)c3ccccc23)cc1. The molecule has 0 radical (unpaired) electrons. The van der Waals surface area contributed by atoms with Crippen LogP contribution in [0.3, 0.4) is 0 Å². The number of hydrogen-bond donors (Lipinski definition) is 0. The molecule has 2 aromatic heterocycles. The second-order valence-corrected chi connectivity index (χ2v) is 11.1. The molecule has 2 heterocycles. The van der Waals surface area contributed by atoms with Crippen LogP contribution < -0.4 is 0 Å². The van der Waals surface area contributed by atoms with Gasteiger partial charge in [0.1, 0.15) is 11.5 Å². The topological polar surface area (TPSA) is 13.1 Å².